The molecule has 0 spiro atoms. The van der Waals surface area contributed by atoms with Crippen molar-refractivity contribution < 1.29 is 9.72 Å². The first-order chi connectivity index (χ1) is 13.1. The molecule has 3 aromatic carbocycles. The fourth-order valence-electron chi connectivity index (χ4n) is 2.77. The predicted molar refractivity (Wildman–Crippen MR) is 103 cm³/mol. The quantitative estimate of drug-likeness (QED) is 0.511. The maximum atomic E-state index is 12.7. The van der Waals surface area contributed by atoms with Crippen LogP contribution in [-0.4, -0.2) is 15.8 Å². The third-order valence-corrected chi connectivity index (χ3v) is 4.04. The molecular formula is C21H19N3O3. The molecule has 0 aromatic heterocycles. The highest BCUT2D eigenvalue weighted by Gasteiger charge is 2.21. The first kappa shape index (κ1) is 18.3. The van der Waals surface area contributed by atoms with Gasteiger partial charge in [-0.25, -0.2) is 5.01 Å². The fourth-order valence-corrected chi connectivity index (χ4v) is 2.77. The van der Waals surface area contributed by atoms with Crippen LogP contribution in [0, 0.1) is 10.1 Å². The number of para-hydroxylation sites is 1. The van der Waals surface area contributed by atoms with Gasteiger partial charge in [0.25, 0.3) is 11.6 Å². The van der Waals surface area contributed by atoms with Gasteiger partial charge in [0.1, 0.15) is 5.56 Å². The molecule has 0 radical (unpaired) electrons. The number of carbonyl (C=O) groups excluding carboxylic acids is 1. The van der Waals surface area contributed by atoms with E-state index in [4.69, 9.17) is 0 Å². The first-order valence-electron chi connectivity index (χ1n) is 8.50. The summed E-state index contributed by atoms with van der Waals surface area (Å²) in [6.45, 7) is 0.949. The minimum atomic E-state index is -0.548. The second-order valence-electron chi connectivity index (χ2n) is 6.04. The third-order valence-electron chi connectivity index (χ3n) is 4.04. The number of hydrogen-bond donors (Lipinski definition) is 1. The van der Waals surface area contributed by atoms with Crippen molar-refractivity contribution in [2.24, 2.45) is 0 Å². The smallest absolute Gasteiger partial charge is 0.282 e. The van der Waals surface area contributed by atoms with E-state index in [1.165, 1.54) is 12.1 Å². The number of nitro groups is 1. The van der Waals surface area contributed by atoms with Crippen LogP contribution in [0.1, 0.15) is 21.5 Å². The van der Waals surface area contributed by atoms with Crippen molar-refractivity contribution in [3.63, 3.8) is 0 Å². The Morgan fingerprint density at radius 3 is 1.81 bits per heavy atom. The number of carbonyl (C=O) groups is 1. The number of amides is 1. The van der Waals surface area contributed by atoms with Gasteiger partial charge < -0.3 is 0 Å². The molecule has 6 nitrogen and oxygen atoms in total. The molecule has 0 saturated carbocycles. The predicted octanol–water partition coefficient (Wildman–Crippen LogP) is 3.94. The zero-order valence-corrected chi connectivity index (χ0v) is 14.6. The summed E-state index contributed by atoms with van der Waals surface area (Å²) in [4.78, 5) is 23.4. The third kappa shape index (κ3) is 4.99. The molecule has 3 rings (SSSR count). The average Bonchev–Trinajstić information content (AvgIpc) is 2.69. The molecule has 0 unspecified atom stereocenters. The molecule has 0 heterocycles. The van der Waals surface area contributed by atoms with E-state index < -0.39 is 10.8 Å². The van der Waals surface area contributed by atoms with Crippen molar-refractivity contribution in [3.05, 3.63) is 112 Å². The summed E-state index contributed by atoms with van der Waals surface area (Å²) in [7, 11) is 0. The van der Waals surface area contributed by atoms with E-state index >= 15 is 0 Å². The van der Waals surface area contributed by atoms with Crippen LogP contribution >= 0.6 is 0 Å². The van der Waals surface area contributed by atoms with E-state index in [0.29, 0.717) is 13.1 Å². The van der Waals surface area contributed by atoms with Crippen molar-refractivity contribution in [2.45, 2.75) is 13.1 Å². The summed E-state index contributed by atoms with van der Waals surface area (Å²) in [6.07, 6.45) is 0. The first-order valence-corrected chi connectivity index (χ1v) is 8.50. The number of nitro benzene ring substituents is 1. The molecule has 6 heteroatoms. The molecule has 0 aliphatic rings. The highest BCUT2D eigenvalue weighted by molar-refractivity contribution is 5.97. The summed E-state index contributed by atoms with van der Waals surface area (Å²) in [6, 6.07) is 25.4. The zero-order valence-electron chi connectivity index (χ0n) is 14.6. The van der Waals surface area contributed by atoms with Crippen LogP contribution in [-0.2, 0) is 13.1 Å². The number of hydrogen-bond acceptors (Lipinski definition) is 4. The van der Waals surface area contributed by atoms with Gasteiger partial charge in [-0.2, -0.15) is 0 Å². The molecule has 1 amide bonds. The van der Waals surface area contributed by atoms with Gasteiger partial charge in [0.2, 0.25) is 0 Å². The SMILES string of the molecule is O=C(NN(Cc1ccccc1)Cc1ccccc1)c1ccccc1[N+](=O)[O-]. The summed E-state index contributed by atoms with van der Waals surface area (Å²) in [5, 5.41) is 13.0. The number of benzene rings is 3. The topological polar surface area (TPSA) is 75.5 Å². The Kier molecular flexibility index (Phi) is 5.91. The molecular weight excluding hydrogens is 342 g/mol. The second kappa shape index (κ2) is 8.73. The lowest BCUT2D eigenvalue weighted by atomic mass is 10.1. The maximum Gasteiger partial charge on any atom is 0.282 e. The minimum Gasteiger partial charge on any atom is -0.284 e. The van der Waals surface area contributed by atoms with Gasteiger partial charge in [-0.3, -0.25) is 20.3 Å². The van der Waals surface area contributed by atoms with Gasteiger partial charge in [0.15, 0.2) is 0 Å². The number of nitrogens with zero attached hydrogens (tertiary/aromatic N) is 2. The maximum absolute atomic E-state index is 12.7. The molecule has 0 saturated heterocycles. The summed E-state index contributed by atoms with van der Waals surface area (Å²) in [5.74, 6) is -0.505. The van der Waals surface area contributed by atoms with E-state index in [9.17, 15) is 14.9 Å². The van der Waals surface area contributed by atoms with Crippen LogP contribution in [0.4, 0.5) is 5.69 Å². The normalized spacial score (nSPS) is 10.6. The van der Waals surface area contributed by atoms with E-state index in [2.05, 4.69) is 5.43 Å². The van der Waals surface area contributed by atoms with Gasteiger partial charge in [-0.15, -0.1) is 0 Å². The van der Waals surface area contributed by atoms with Crippen LogP contribution in [0.3, 0.4) is 0 Å². The molecule has 0 fully saturated rings. The Balaban J connectivity index is 1.82. The summed E-state index contributed by atoms with van der Waals surface area (Å²) in [5.41, 5.74) is 4.69. The highest BCUT2D eigenvalue weighted by Crippen LogP contribution is 2.18. The van der Waals surface area contributed by atoms with Crippen molar-refractivity contribution in [2.75, 3.05) is 0 Å². The Hall–Kier alpha value is -3.51. The molecule has 0 bridgehead atoms. The van der Waals surface area contributed by atoms with Gasteiger partial charge in [-0.1, -0.05) is 72.8 Å². The molecule has 3 aromatic rings. The highest BCUT2D eigenvalue weighted by atomic mass is 16.6. The Labute approximate surface area is 157 Å². The number of hydrazine groups is 1. The van der Waals surface area contributed by atoms with Crippen LogP contribution in [0.2, 0.25) is 0 Å². The van der Waals surface area contributed by atoms with E-state index in [1.807, 2.05) is 60.7 Å². The van der Waals surface area contributed by atoms with Crippen molar-refractivity contribution in [3.8, 4) is 0 Å². The zero-order chi connectivity index (χ0) is 19.1. The second-order valence-corrected chi connectivity index (χ2v) is 6.04. The lowest BCUT2D eigenvalue weighted by molar-refractivity contribution is -0.385. The Bertz CT molecular complexity index is 873. The van der Waals surface area contributed by atoms with Crippen LogP contribution < -0.4 is 5.43 Å². The Morgan fingerprint density at radius 2 is 1.30 bits per heavy atom. The molecule has 0 atom stereocenters. The lowest BCUT2D eigenvalue weighted by Crippen LogP contribution is -2.41. The largest absolute Gasteiger partial charge is 0.284 e. The molecule has 1 N–H and O–H groups in total. The van der Waals surface area contributed by atoms with Crippen molar-refractivity contribution in [1.82, 2.24) is 10.4 Å². The average molecular weight is 361 g/mol. The minimum absolute atomic E-state index is 0.0358. The lowest BCUT2D eigenvalue weighted by Gasteiger charge is -2.23. The van der Waals surface area contributed by atoms with Gasteiger partial charge >= 0.3 is 0 Å². The molecule has 27 heavy (non-hydrogen) atoms. The number of rotatable bonds is 7. The van der Waals surface area contributed by atoms with Crippen LogP contribution in [0.5, 0.6) is 0 Å². The standard InChI is InChI=1S/C21H19N3O3/c25-21(19-13-7-8-14-20(19)24(26)27)22-23(15-17-9-3-1-4-10-17)16-18-11-5-2-6-12-18/h1-14H,15-16H2,(H,22,25). The number of nitrogens with one attached hydrogen (secondary N) is 1. The van der Waals surface area contributed by atoms with Gasteiger partial charge in [-0.05, 0) is 17.2 Å². The molecule has 0 aliphatic heterocycles. The molecule has 0 aliphatic carbocycles. The Morgan fingerprint density at radius 1 is 0.815 bits per heavy atom. The van der Waals surface area contributed by atoms with E-state index in [0.717, 1.165) is 11.1 Å². The fraction of sp³-hybridized carbons (Fsp3) is 0.0952. The summed E-state index contributed by atoms with van der Waals surface area (Å²) < 4.78 is 0. The van der Waals surface area contributed by atoms with Gasteiger partial charge in [0.05, 0.1) is 4.92 Å². The van der Waals surface area contributed by atoms with E-state index in [1.54, 1.807) is 17.1 Å². The molecule has 136 valence electrons. The van der Waals surface area contributed by atoms with Crippen LogP contribution in [0.25, 0.3) is 0 Å². The van der Waals surface area contributed by atoms with Gasteiger partial charge in [0, 0.05) is 19.2 Å². The monoisotopic (exact) mass is 361 g/mol. The van der Waals surface area contributed by atoms with E-state index in [-0.39, 0.29) is 11.3 Å². The summed E-state index contributed by atoms with van der Waals surface area (Å²) >= 11 is 0. The van der Waals surface area contributed by atoms with Crippen molar-refractivity contribution >= 4 is 11.6 Å². The van der Waals surface area contributed by atoms with Crippen LogP contribution in [0.15, 0.2) is 84.9 Å². The van der Waals surface area contributed by atoms with Crippen molar-refractivity contribution in [1.29, 1.82) is 0 Å².